The van der Waals surface area contributed by atoms with Gasteiger partial charge in [0.1, 0.15) is 5.75 Å². The molecule has 0 heterocycles. The zero-order valence-electron chi connectivity index (χ0n) is 27.4. The van der Waals surface area contributed by atoms with Gasteiger partial charge in [-0.05, 0) is 85.6 Å². The Balaban J connectivity index is 3.05. The lowest BCUT2D eigenvalue weighted by atomic mass is 9.92. The van der Waals surface area contributed by atoms with Crippen molar-refractivity contribution in [2.75, 3.05) is 13.7 Å². The molecule has 0 saturated carbocycles. The van der Waals surface area contributed by atoms with E-state index in [0.29, 0.717) is 25.0 Å². The smallest absolute Gasteiger partial charge is 0.193 e. The molecule has 0 saturated heterocycles. The summed E-state index contributed by atoms with van der Waals surface area (Å²) in [6.07, 6.45) is 6.91. The number of hydrogen-bond donors (Lipinski definition) is 0. The van der Waals surface area contributed by atoms with Gasteiger partial charge < -0.3 is 18.3 Å². The Hall–Kier alpha value is -0.926. The Labute approximate surface area is 244 Å². The summed E-state index contributed by atoms with van der Waals surface area (Å²) in [6, 6.07) is 15.1. The minimum absolute atomic E-state index is 0.205. The fourth-order valence-electron chi connectivity index (χ4n) is 5.46. The van der Waals surface area contributed by atoms with Gasteiger partial charge >= 0.3 is 0 Å². The van der Waals surface area contributed by atoms with Crippen LogP contribution >= 0.6 is 0 Å². The van der Waals surface area contributed by atoms with Gasteiger partial charge in [-0.2, -0.15) is 0 Å². The predicted molar refractivity (Wildman–Crippen MR) is 174 cm³/mol. The fraction of sp³-hybridized carbons (Fsp3) is 0.758. The van der Waals surface area contributed by atoms with Gasteiger partial charge in [-0.3, -0.25) is 0 Å². The van der Waals surface area contributed by atoms with Crippen LogP contribution in [0.3, 0.4) is 0 Å². The topological polar surface area (TPSA) is 36.9 Å². The van der Waals surface area contributed by atoms with Crippen molar-refractivity contribution < 1.29 is 18.3 Å². The normalized spacial score (nSPS) is 16.0. The van der Waals surface area contributed by atoms with Crippen LogP contribution in [0.4, 0.5) is 0 Å². The van der Waals surface area contributed by atoms with Gasteiger partial charge in [-0.15, -0.1) is 0 Å². The highest BCUT2D eigenvalue weighted by Crippen LogP contribution is 2.32. The van der Waals surface area contributed by atoms with E-state index in [4.69, 9.17) is 18.3 Å². The van der Waals surface area contributed by atoms with Gasteiger partial charge in [-0.1, -0.05) is 86.6 Å². The molecule has 4 nitrogen and oxygen atoms in total. The first-order valence-corrected chi connectivity index (χ1v) is 20.8. The molecular weight excluding hydrogens is 517 g/mol. The Kier molecular flexibility index (Phi) is 16.5. The molecule has 0 spiro atoms. The third-order valence-corrected chi connectivity index (χ3v) is 18.3. The molecule has 0 aliphatic heterocycles. The molecule has 1 aromatic carbocycles. The van der Waals surface area contributed by atoms with Crippen LogP contribution in [0.15, 0.2) is 36.4 Å². The maximum atomic E-state index is 7.14. The summed E-state index contributed by atoms with van der Waals surface area (Å²) in [5.41, 5.74) is 0.796. The molecule has 1 rings (SSSR count). The van der Waals surface area contributed by atoms with E-state index in [-0.39, 0.29) is 11.7 Å². The highest BCUT2D eigenvalue weighted by molar-refractivity contribution is 6.74. The maximum absolute atomic E-state index is 7.14. The molecular formula is C33H62O4Si2. The Morgan fingerprint density at radius 3 is 1.82 bits per heavy atom. The molecule has 0 aliphatic rings. The largest absolute Gasteiger partial charge is 0.497 e. The van der Waals surface area contributed by atoms with Crippen LogP contribution in [0, 0.1) is 11.8 Å². The van der Waals surface area contributed by atoms with Crippen molar-refractivity contribution in [3.05, 3.63) is 42.0 Å². The molecule has 0 fully saturated rings. The Morgan fingerprint density at radius 1 is 0.821 bits per heavy atom. The molecule has 226 valence electrons. The first-order valence-electron chi connectivity index (χ1n) is 15.8. The van der Waals surface area contributed by atoms with E-state index in [1.807, 2.05) is 12.1 Å². The molecule has 0 aromatic heterocycles. The van der Waals surface area contributed by atoms with Crippen LogP contribution in [0.1, 0.15) is 87.6 Å². The van der Waals surface area contributed by atoms with Crippen molar-refractivity contribution in [2.24, 2.45) is 11.8 Å². The zero-order valence-corrected chi connectivity index (χ0v) is 29.4. The van der Waals surface area contributed by atoms with Crippen LogP contribution in [-0.4, -0.2) is 42.1 Å². The SMILES string of the molecule is CC[Si](CC)(CC)OC[C@@](C)(/C=C/C[C@@H](C)[C@@H](CC(C)C)OCc1ccc(OC)cc1)O[Si](CC)(CC)CC. The standard InChI is InChI=1S/C33H62O4Si2/c1-12-38(13-2,14-3)36-27-33(10,37-39(15-4,16-5)17-6)24-18-19-29(9)32(25-28(7)8)35-26-30-20-22-31(34-11)23-21-30/h18,20-24,28-29,32H,12-17,19,25-27H2,1-11H3/b24-18+/t29-,32-,33-/m1/s1. The van der Waals surface area contributed by atoms with Gasteiger partial charge in [0.25, 0.3) is 0 Å². The monoisotopic (exact) mass is 578 g/mol. The van der Waals surface area contributed by atoms with Gasteiger partial charge in [0, 0.05) is 0 Å². The number of benzene rings is 1. The van der Waals surface area contributed by atoms with Gasteiger partial charge in [0.2, 0.25) is 0 Å². The molecule has 0 bridgehead atoms. The molecule has 0 aliphatic carbocycles. The lowest BCUT2D eigenvalue weighted by molar-refractivity contribution is -0.00639. The van der Waals surface area contributed by atoms with Gasteiger partial charge in [-0.25, -0.2) is 0 Å². The first-order chi connectivity index (χ1) is 18.5. The third-order valence-electron chi connectivity index (χ3n) is 8.92. The average molecular weight is 579 g/mol. The summed E-state index contributed by atoms with van der Waals surface area (Å²) < 4.78 is 25.8. The van der Waals surface area contributed by atoms with Crippen LogP contribution in [0.5, 0.6) is 5.75 Å². The summed E-state index contributed by atoms with van der Waals surface area (Å²) in [7, 11) is -1.81. The van der Waals surface area contributed by atoms with E-state index >= 15 is 0 Å². The molecule has 0 radical (unpaired) electrons. The minimum Gasteiger partial charge on any atom is -0.497 e. The molecule has 0 N–H and O–H groups in total. The van der Waals surface area contributed by atoms with Crippen molar-refractivity contribution >= 4 is 16.6 Å². The summed E-state index contributed by atoms with van der Waals surface area (Å²) in [6.45, 7) is 24.3. The highest BCUT2D eigenvalue weighted by Gasteiger charge is 2.39. The van der Waals surface area contributed by atoms with Crippen LogP contribution in [-0.2, 0) is 20.2 Å². The second-order valence-electron chi connectivity index (χ2n) is 12.1. The van der Waals surface area contributed by atoms with Crippen molar-refractivity contribution in [3.8, 4) is 5.75 Å². The van der Waals surface area contributed by atoms with E-state index in [0.717, 1.165) is 54.9 Å². The van der Waals surface area contributed by atoms with Crippen LogP contribution in [0.25, 0.3) is 0 Å². The molecule has 0 unspecified atom stereocenters. The van der Waals surface area contributed by atoms with Crippen molar-refractivity contribution in [1.82, 2.24) is 0 Å². The third kappa shape index (κ3) is 11.8. The maximum Gasteiger partial charge on any atom is 0.193 e. The van der Waals surface area contributed by atoms with Crippen molar-refractivity contribution in [3.63, 3.8) is 0 Å². The average Bonchev–Trinajstić information content (AvgIpc) is 2.95. The summed E-state index contributed by atoms with van der Waals surface area (Å²) in [5.74, 6) is 1.87. The number of hydrogen-bond acceptors (Lipinski definition) is 4. The summed E-state index contributed by atoms with van der Waals surface area (Å²) in [5, 5.41) is 0. The number of rotatable bonds is 21. The Morgan fingerprint density at radius 2 is 1.36 bits per heavy atom. The summed E-state index contributed by atoms with van der Waals surface area (Å²) in [4.78, 5) is 0. The number of allylic oxidation sites excluding steroid dienone is 1. The zero-order chi connectivity index (χ0) is 29.5. The van der Waals surface area contributed by atoms with Crippen LogP contribution in [0.2, 0.25) is 36.3 Å². The molecule has 39 heavy (non-hydrogen) atoms. The first kappa shape index (κ1) is 36.1. The second-order valence-corrected chi connectivity index (χ2v) is 21.6. The molecule has 3 atom stereocenters. The quantitative estimate of drug-likeness (QED) is 0.107. The van der Waals surface area contributed by atoms with Gasteiger partial charge in [0.15, 0.2) is 16.6 Å². The van der Waals surface area contributed by atoms with Crippen molar-refractivity contribution in [1.29, 1.82) is 0 Å². The highest BCUT2D eigenvalue weighted by atomic mass is 28.4. The molecule has 0 amide bonds. The van der Waals surface area contributed by atoms with Gasteiger partial charge in [0.05, 0.1) is 32.0 Å². The lowest BCUT2D eigenvalue weighted by Crippen LogP contribution is -2.49. The minimum atomic E-state index is -1.81. The van der Waals surface area contributed by atoms with Crippen molar-refractivity contribution in [2.45, 2.75) is 137 Å². The number of ether oxygens (including phenoxy) is 2. The lowest BCUT2D eigenvalue weighted by Gasteiger charge is -2.41. The second kappa shape index (κ2) is 17.8. The predicted octanol–water partition coefficient (Wildman–Crippen LogP) is 10.0. The van der Waals surface area contributed by atoms with E-state index in [1.165, 1.54) is 5.56 Å². The fourth-order valence-corrected chi connectivity index (χ4v) is 11.2. The van der Waals surface area contributed by atoms with E-state index < -0.39 is 16.6 Å². The van der Waals surface area contributed by atoms with E-state index in [2.05, 4.69) is 93.5 Å². The molecule has 6 heteroatoms. The van der Waals surface area contributed by atoms with Crippen LogP contribution < -0.4 is 4.74 Å². The van der Waals surface area contributed by atoms with E-state index in [9.17, 15) is 0 Å². The number of methoxy groups -OCH3 is 1. The summed E-state index contributed by atoms with van der Waals surface area (Å²) >= 11 is 0. The van der Waals surface area contributed by atoms with E-state index in [1.54, 1.807) is 7.11 Å². The Bertz CT molecular complexity index is 786. The molecule has 1 aromatic rings.